The van der Waals surface area contributed by atoms with E-state index >= 15 is 0 Å². The molecule has 4 heterocycles. The van der Waals surface area contributed by atoms with Gasteiger partial charge >= 0.3 is 0 Å². The fourth-order valence-electron chi connectivity index (χ4n) is 3.86. The number of nitrogens with zero attached hydrogens (tertiary/aromatic N) is 4. The third-order valence-corrected chi connectivity index (χ3v) is 5.62. The molecule has 3 aromatic heterocycles. The molecule has 162 valence electrons. The standard InChI is InChI=1S/C24H24N6O2/c31-24(21-16-20(27-28-21)22-6-5-15-32-22)25-18-9-7-17(8-10-18)19-11-12-23(29-26-19)30-13-3-1-2-4-14-30/h5-12,15-16H,1-4,13-14H2,(H,25,31)(H,27,28). The molecular weight excluding hydrogens is 404 g/mol. The van der Waals surface area contributed by atoms with Crippen LogP contribution in [0.25, 0.3) is 22.7 Å². The van der Waals surface area contributed by atoms with Crippen LogP contribution in [0.5, 0.6) is 0 Å². The first-order chi connectivity index (χ1) is 15.8. The number of carbonyl (C=O) groups is 1. The first-order valence-electron chi connectivity index (χ1n) is 10.9. The molecule has 2 N–H and O–H groups in total. The van der Waals surface area contributed by atoms with Gasteiger partial charge in [0, 0.05) is 30.4 Å². The molecule has 0 aliphatic carbocycles. The molecule has 32 heavy (non-hydrogen) atoms. The van der Waals surface area contributed by atoms with Crippen LogP contribution in [0.3, 0.4) is 0 Å². The van der Waals surface area contributed by atoms with Crippen molar-refractivity contribution in [1.82, 2.24) is 20.4 Å². The fraction of sp³-hybridized carbons (Fsp3) is 0.250. The smallest absolute Gasteiger partial charge is 0.276 e. The third-order valence-electron chi connectivity index (χ3n) is 5.62. The maximum Gasteiger partial charge on any atom is 0.276 e. The molecule has 5 rings (SSSR count). The molecule has 0 spiro atoms. The zero-order valence-corrected chi connectivity index (χ0v) is 17.6. The number of carbonyl (C=O) groups excluding carboxylic acids is 1. The van der Waals surface area contributed by atoms with Crippen LogP contribution in [-0.4, -0.2) is 39.4 Å². The van der Waals surface area contributed by atoms with Crippen molar-refractivity contribution in [3.05, 3.63) is 66.6 Å². The largest absolute Gasteiger partial charge is 0.463 e. The summed E-state index contributed by atoms with van der Waals surface area (Å²) in [6.07, 6.45) is 6.56. The van der Waals surface area contributed by atoms with E-state index in [4.69, 9.17) is 4.42 Å². The molecular formula is C24H24N6O2. The monoisotopic (exact) mass is 428 g/mol. The predicted molar refractivity (Wildman–Crippen MR) is 122 cm³/mol. The Morgan fingerprint density at radius 1 is 0.969 bits per heavy atom. The van der Waals surface area contributed by atoms with Gasteiger partial charge in [-0.3, -0.25) is 9.89 Å². The van der Waals surface area contributed by atoms with Gasteiger partial charge in [-0.2, -0.15) is 5.10 Å². The molecule has 0 atom stereocenters. The van der Waals surface area contributed by atoms with E-state index in [2.05, 4.69) is 30.6 Å². The maximum atomic E-state index is 12.5. The van der Waals surface area contributed by atoms with Crippen LogP contribution >= 0.6 is 0 Å². The van der Waals surface area contributed by atoms with E-state index in [0.717, 1.165) is 30.2 Å². The number of H-pyrrole nitrogens is 1. The van der Waals surface area contributed by atoms with Gasteiger partial charge in [-0.25, -0.2) is 0 Å². The number of amides is 1. The number of anilines is 2. The highest BCUT2D eigenvalue weighted by atomic mass is 16.3. The molecule has 1 amide bonds. The van der Waals surface area contributed by atoms with E-state index in [-0.39, 0.29) is 11.6 Å². The molecule has 1 saturated heterocycles. The van der Waals surface area contributed by atoms with Gasteiger partial charge in [0.05, 0.1) is 12.0 Å². The molecule has 8 heteroatoms. The Hall–Kier alpha value is -3.94. The van der Waals surface area contributed by atoms with Crippen molar-refractivity contribution in [1.29, 1.82) is 0 Å². The zero-order chi connectivity index (χ0) is 21.8. The average molecular weight is 428 g/mol. The highest BCUT2D eigenvalue weighted by Crippen LogP contribution is 2.23. The SMILES string of the molecule is O=C(Nc1ccc(-c2ccc(N3CCCCCC3)nn2)cc1)c1cc(-c2ccco2)[nH]n1. The molecule has 0 saturated carbocycles. The summed E-state index contributed by atoms with van der Waals surface area (Å²) in [4.78, 5) is 14.8. The predicted octanol–water partition coefficient (Wildman–Crippen LogP) is 4.76. The highest BCUT2D eigenvalue weighted by Gasteiger charge is 2.14. The Morgan fingerprint density at radius 3 is 2.47 bits per heavy atom. The molecule has 1 aromatic carbocycles. The Labute approximate surface area is 185 Å². The maximum absolute atomic E-state index is 12.5. The lowest BCUT2D eigenvalue weighted by Crippen LogP contribution is -2.25. The van der Waals surface area contributed by atoms with Crippen LogP contribution in [-0.2, 0) is 0 Å². The van der Waals surface area contributed by atoms with Crippen LogP contribution in [0.2, 0.25) is 0 Å². The van der Waals surface area contributed by atoms with Gasteiger partial charge in [-0.1, -0.05) is 25.0 Å². The fourth-order valence-corrected chi connectivity index (χ4v) is 3.86. The highest BCUT2D eigenvalue weighted by molar-refractivity contribution is 6.03. The van der Waals surface area contributed by atoms with E-state index in [0.29, 0.717) is 17.1 Å². The van der Waals surface area contributed by atoms with Gasteiger partial charge < -0.3 is 14.6 Å². The number of aromatic nitrogens is 4. The number of hydrogen-bond donors (Lipinski definition) is 2. The number of furan rings is 1. The average Bonchev–Trinajstić information content (AvgIpc) is 3.47. The van der Waals surface area contributed by atoms with Gasteiger partial charge in [0.15, 0.2) is 17.3 Å². The first-order valence-corrected chi connectivity index (χ1v) is 10.9. The number of hydrogen-bond acceptors (Lipinski definition) is 6. The van der Waals surface area contributed by atoms with Gasteiger partial charge in [0.2, 0.25) is 0 Å². The van der Waals surface area contributed by atoms with Gasteiger partial charge in [0.25, 0.3) is 5.91 Å². The minimum absolute atomic E-state index is 0.287. The van der Waals surface area contributed by atoms with Crippen molar-refractivity contribution in [2.45, 2.75) is 25.7 Å². The lowest BCUT2D eigenvalue weighted by atomic mass is 10.1. The number of benzene rings is 1. The van der Waals surface area contributed by atoms with Crippen molar-refractivity contribution >= 4 is 17.4 Å². The lowest BCUT2D eigenvalue weighted by molar-refractivity contribution is 0.102. The first kappa shape index (κ1) is 20.0. The second-order valence-corrected chi connectivity index (χ2v) is 7.85. The van der Waals surface area contributed by atoms with E-state index in [1.165, 1.54) is 25.7 Å². The molecule has 0 radical (unpaired) electrons. The van der Waals surface area contributed by atoms with Gasteiger partial charge in [0.1, 0.15) is 5.69 Å². The van der Waals surface area contributed by atoms with Crippen LogP contribution in [0.15, 0.2) is 65.3 Å². The normalized spacial score (nSPS) is 14.2. The summed E-state index contributed by atoms with van der Waals surface area (Å²) < 4.78 is 5.32. The summed E-state index contributed by atoms with van der Waals surface area (Å²) in [5.74, 6) is 1.27. The number of rotatable bonds is 5. The summed E-state index contributed by atoms with van der Waals surface area (Å²) in [6.45, 7) is 2.09. The van der Waals surface area contributed by atoms with Crippen molar-refractivity contribution in [2.24, 2.45) is 0 Å². The van der Waals surface area contributed by atoms with Crippen molar-refractivity contribution in [3.63, 3.8) is 0 Å². The summed E-state index contributed by atoms with van der Waals surface area (Å²) >= 11 is 0. The van der Waals surface area contributed by atoms with E-state index < -0.39 is 0 Å². The van der Waals surface area contributed by atoms with Crippen LogP contribution in [0.4, 0.5) is 11.5 Å². The van der Waals surface area contributed by atoms with Crippen molar-refractivity contribution in [2.75, 3.05) is 23.3 Å². The van der Waals surface area contributed by atoms with Gasteiger partial charge in [-0.05, 0) is 49.2 Å². The molecule has 0 bridgehead atoms. The second-order valence-electron chi connectivity index (χ2n) is 7.85. The summed E-state index contributed by atoms with van der Waals surface area (Å²) in [5.41, 5.74) is 3.36. The Morgan fingerprint density at radius 2 is 1.78 bits per heavy atom. The summed E-state index contributed by atoms with van der Waals surface area (Å²) in [7, 11) is 0. The minimum atomic E-state index is -0.298. The van der Waals surface area contributed by atoms with Crippen LogP contribution < -0.4 is 10.2 Å². The summed E-state index contributed by atoms with van der Waals surface area (Å²) in [6, 6.07) is 16.8. The molecule has 1 fully saturated rings. The van der Waals surface area contributed by atoms with Crippen LogP contribution in [0.1, 0.15) is 36.2 Å². The van der Waals surface area contributed by atoms with Crippen LogP contribution in [0, 0.1) is 0 Å². The number of nitrogens with one attached hydrogen (secondary N) is 2. The third kappa shape index (κ3) is 4.39. The van der Waals surface area contributed by atoms with E-state index in [9.17, 15) is 4.79 Å². The molecule has 4 aromatic rings. The topological polar surface area (TPSA) is 99.9 Å². The second kappa shape index (κ2) is 9.05. The van der Waals surface area contributed by atoms with Crippen molar-refractivity contribution in [3.8, 4) is 22.7 Å². The minimum Gasteiger partial charge on any atom is -0.463 e. The van der Waals surface area contributed by atoms with Crippen molar-refractivity contribution < 1.29 is 9.21 Å². The Bertz CT molecular complexity index is 1160. The molecule has 8 nitrogen and oxygen atoms in total. The molecule has 0 unspecified atom stereocenters. The Kier molecular flexibility index (Phi) is 5.65. The number of aromatic amines is 1. The molecule has 1 aliphatic rings. The molecule has 1 aliphatic heterocycles. The van der Waals surface area contributed by atoms with Gasteiger partial charge in [-0.15, -0.1) is 10.2 Å². The summed E-state index contributed by atoms with van der Waals surface area (Å²) in [5, 5.41) is 18.6. The van der Waals surface area contributed by atoms with E-state index in [1.54, 1.807) is 24.5 Å². The quantitative estimate of drug-likeness (QED) is 0.475. The van der Waals surface area contributed by atoms with E-state index in [1.807, 2.05) is 36.4 Å². The Balaban J connectivity index is 1.23. The zero-order valence-electron chi connectivity index (χ0n) is 17.6. The lowest BCUT2D eigenvalue weighted by Gasteiger charge is -2.20.